The topological polar surface area (TPSA) is 0 Å². The molecule has 0 fully saturated rings. The largest absolute Gasteiger partial charge is 0.0895 e. The number of allylic oxidation sites excluding steroid dienone is 4. The van der Waals surface area contributed by atoms with E-state index in [-0.39, 0.29) is 19.5 Å². The Balaban J connectivity index is 0.000000810. The van der Waals surface area contributed by atoms with Gasteiger partial charge in [-0.15, -0.1) is 0 Å². The molecule has 10 heavy (non-hydrogen) atoms. The molecule has 1 rings (SSSR count). The number of hydrogen-bond donors (Lipinski definition) is 0. The van der Waals surface area contributed by atoms with Crippen LogP contribution in [-0.2, 0) is 19.5 Å². The molecule has 0 aromatic carbocycles. The molecule has 0 amide bonds. The van der Waals surface area contributed by atoms with Crippen LogP contribution in [-0.4, -0.2) is 0 Å². The summed E-state index contributed by atoms with van der Waals surface area (Å²) in [6.45, 7) is 0. The molecule has 0 aromatic heterocycles. The molecule has 0 spiro atoms. The van der Waals surface area contributed by atoms with Gasteiger partial charge < -0.3 is 0 Å². The van der Waals surface area contributed by atoms with Crippen LogP contribution in [0.15, 0.2) is 23.3 Å². The summed E-state index contributed by atoms with van der Waals surface area (Å²) in [7, 11) is 0. The molecule has 0 atom stereocenters. The predicted octanol–water partition coefficient (Wildman–Crippen LogP) is 3.24. The van der Waals surface area contributed by atoms with E-state index in [4.69, 9.17) is 11.6 Å². The van der Waals surface area contributed by atoms with Crippen LogP contribution < -0.4 is 0 Å². The fourth-order valence-electron chi connectivity index (χ4n) is 0.895. The average Bonchev–Trinajstić information content (AvgIpc) is 1.79. The molecule has 0 saturated heterocycles. The maximum atomic E-state index is 5.82. The second-order valence-corrected chi connectivity index (χ2v) is 2.72. The maximum absolute atomic E-state index is 5.82. The molecule has 1 aliphatic carbocycles. The van der Waals surface area contributed by atoms with E-state index < -0.39 is 0 Å². The van der Waals surface area contributed by atoms with Gasteiger partial charge in [0.1, 0.15) is 0 Å². The van der Waals surface area contributed by atoms with Crippen molar-refractivity contribution < 1.29 is 19.5 Å². The van der Waals surface area contributed by atoms with E-state index in [0.29, 0.717) is 0 Å². The predicted molar refractivity (Wildman–Crippen MR) is 41.5 cm³/mol. The summed E-state index contributed by atoms with van der Waals surface area (Å²) in [6, 6.07) is 0. The molecular weight excluding hydrogens is 233 g/mol. The van der Waals surface area contributed by atoms with E-state index in [1.807, 2.05) is 0 Å². The zero-order valence-corrected chi connectivity index (χ0v) is 8.29. The fraction of sp³-hybridized carbons (Fsp3) is 0.500. The zero-order chi connectivity index (χ0) is 6.53. The van der Waals surface area contributed by atoms with E-state index in [9.17, 15) is 0 Å². The van der Waals surface area contributed by atoms with Crippen LogP contribution in [0.2, 0.25) is 0 Å². The second-order valence-electron chi connectivity index (χ2n) is 2.24. The van der Waals surface area contributed by atoms with Gasteiger partial charge in [-0.2, -0.15) is 0 Å². The van der Waals surface area contributed by atoms with Crippen LogP contribution in [0.25, 0.3) is 0 Å². The van der Waals surface area contributed by atoms with Gasteiger partial charge in [0.15, 0.2) is 0 Å². The SMILES string of the molecule is ClC1=CCCC=CCC1.[Ru]. The first-order valence-corrected chi connectivity index (χ1v) is 3.77. The molecule has 58 valence electrons. The van der Waals surface area contributed by atoms with Crippen LogP contribution in [0.4, 0.5) is 0 Å². The third-order valence-corrected chi connectivity index (χ3v) is 1.76. The molecule has 0 aliphatic heterocycles. The standard InChI is InChI=1S/C8H11Cl.Ru/c9-8-6-4-2-1-3-5-7-8;/h1-2,7H,3-6H2;. The molecule has 0 nitrogen and oxygen atoms in total. The van der Waals surface area contributed by atoms with E-state index in [0.717, 1.165) is 30.7 Å². The minimum absolute atomic E-state index is 0. The van der Waals surface area contributed by atoms with Crippen LogP contribution in [0.1, 0.15) is 25.7 Å². The Bertz CT molecular complexity index is 138. The molecule has 0 unspecified atom stereocenters. The average molecular weight is 244 g/mol. The summed E-state index contributed by atoms with van der Waals surface area (Å²) in [6.07, 6.45) is 10.9. The van der Waals surface area contributed by atoms with E-state index in [1.54, 1.807) is 0 Å². The monoisotopic (exact) mass is 244 g/mol. The number of halogens is 1. The summed E-state index contributed by atoms with van der Waals surface area (Å²) >= 11 is 5.82. The van der Waals surface area contributed by atoms with Crippen LogP contribution in [0.5, 0.6) is 0 Å². The molecule has 0 aromatic rings. The van der Waals surface area contributed by atoms with Crippen molar-refractivity contribution in [3.05, 3.63) is 23.3 Å². The Morgan fingerprint density at radius 2 is 1.80 bits per heavy atom. The Morgan fingerprint density at radius 1 is 1.10 bits per heavy atom. The molecule has 0 heterocycles. The van der Waals surface area contributed by atoms with Crippen molar-refractivity contribution in [2.75, 3.05) is 0 Å². The zero-order valence-electron chi connectivity index (χ0n) is 5.79. The smallest absolute Gasteiger partial charge is 0.0144 e. The van der Waals surface area contributed by atoms with Crippen LogP contribution in [0.3, 0.4) is 0 Å². The van der Waals surface area contributed by atoms with Crippen molar-refractivity contribution in [2.24, 2.45) is 0 Å². The Labute approximate surface area is 80.1 Å². The molecule has 0 saturated carbocycles. The molecular formula is C8H11ClRu. The van der Waals surface area contributed by atoms with Crippen molar-refractivity contribution in [3.63, 3.8) is 0 Å². The Hall–Kier alpha value is 0.393. The van der Waals surface area contributed by atoms with E-state index >= 15 is 0 Å². The normalized spacial score (nSPS) is 18.3. The maximum Gasteiger partial charge on any atom is 0.0144 e. The summed E-state index contributed by atoms with van der Waals surface area (Å²) in [5.74, 6) is 0. The van der Waals surface area contributed by atoms with Crippen molar-refractivity contribution in [3.8, 4) is 0 Å². The second kappa shape index (κ2) is 6.13. The van der Waals surface area contributed by atoms with Crippen LogP contribution >= 0.6 is 11.6 Å². The quantitative estimate of drug-likeness (QED) is 0.453. The first kappa shape index (κ1) is 10.4. The van der Waals surface area contributed by atoms with Crippen molar-refractivity contribution in [2.45, 2.75) is 25.7 Å². The van der Waals surface area contributed by atoms with Crippen molar-refractivity contribution >= 4 is 11.6 Å². The van der Waals surface area contributed by atoms with Gasteiger partial charge in [0.05, 0.1) is 0 Å². The first-order chi connectivity index (χ1) is 4.39. The van der Waals surface area contributed by atoms with Gasteiger partial charge in [0, 0.05) is 24.5 Å². The number of hydrogen-bond acceptors (Lipinski definition) is 0. The van der Waals surface area contributed by atoms with Gasteiger partial charge in [-0.1, -0.05) is 29.8 Å². The third kappa shape index (κ3) is 4.25. The molecule has 1 aliphatic rings. The number of rotatable bonds is 0. The molecule has 0 N–H and O–H groups in total. The summed E-state index contributed by atoms with van der Waals surface area (Å²) in [5, 5.41) is 1.03. The molecule has 0 radical (unpaired) electrons. The van der Waals surface area contributed by atoms with E-state index in [1.165, 1.54) is 0 Å². The van der Waals surface area contributed by atoms with Gasteiger partial charge in [-0.25, -0.2) is 0 Å². The fourth-order valence-corrected chi connectivity index (χ4v) is 1.11. The third-order valence-electron chi connectivity index (χ3n) is 1.42. The van der Waals surface area contributed by atoms with E-state index in [2.05, 4.69) is 18.2 Å². The van der Waals surface area contributed by atoms with Gasteiger partial charge in [0.2, 0.25) is 0 Å². The minimum atomic E-state index is 0. The minimum Gasteiger partial charge on any atom is -0.0895 e. The van der Waals surface area contributed by atoms with Crippen LogP contribution in [0, 0.1) is 0 Å². The van der Waals surface area contributed by atoms with Gasteiger partial charge >= 0.3 is 0 Å². The van der Waals surface area contributed by atoms with Crippen molar-refractivity contribution in [1.29, 1.82) is 0 Å². The molecule has 2 heteroatoms. The Kier molecular flexibility index (Phi) is 6.37. The summed E-state index contributed by atoms with van der Waals surface area (Å²) in [5.41, 5.74) is 0. The van der Waals surface area contributed by atoms with Gasteiger partial charge in [0.25, 0.3) is 0 Å². The van der Waals surface area contributed by atoms with Gasteiger partial charge in [-0.3, -0.25) is 0 Å². The Morgan fingerprint density at radius 3 is 2.60 bits per heavy atom. The summed E-state index contributed by atoms with van der Waals surface area (Å²) < 4.78 is 0. The molecule has 0 bridgehead atoms. The summed E-state index contributed by atoms with van der Waals surface area (Å²) in [4.78, 5) is 0. The first-order valence-electron chi connectivity index (χ1n) is 3.39. The van der Waals surface area contributed by atoms with Gasteiger partial charge in [-0.05, 0) is 25.7 Å². The van der Waals surface area contributed by atoms with Crippen molar-refractivity contribution in [1.82, 2.24) is 0 Å².